The van der Waals surface area contributed by atoms with Gasteiger partial charge in [-0.1, -0.05) is 48.5 Å². The van der Waals surface area contributed by atoms with Crippen molar-refractivity contribution in [2.45, 2.75) is 31.9 Å². The molecule has 1 unspecified atom stereocenters. The highest BCUT2D eigenvalue weighted by atomic mass is 32.2. The van der Waals surface area contributed by atoms with E-state index in [1.165, 1.54) is 11.8 Å². The molecule has 0 saturated carbocycles. The summed E-state index contributed by atoms with van der Waals surface area (Å²) in [6, 6.07) is 15.0. The molecule has 0 radical (unpaired) electrons. The average Bonchev–Trinajstić information content (AvgIpc) is 2.99. The fraction of sp³-hybridized carbons (Fsp3) is 0.318. The van der Waals surface area contributed by atoms with Crippen molar-refractivity contribution in [3.63, 3.8) is 0 Å². The summed E-state index contributed by atoms with van der Waals surface area (Å²) in [7, 11) is 1.55. The number of thioether (sulfide) groups is 1. The van der Waals surface area contributed by atoms with Gasteiger partial charge >= 0.3 is 0 Å². The van der Waals surface area contributed by atoms with Crippen molar-refractivity contribution >= 4 is 40.1 Å². The minimum atomic E-state index is -0.486. The fourth-order valence-corrected chi connectivity index (χ4v) is 4.19. The minimum Gasteiger partial charge on any atom is -0.495 e. The Balaban J connectivity index is 1.73. The molecule has 1 N–H and O–H groups in total. The molecular formula is C22H25N3O3S. The second-order valence-corrected chi connectivity index (χ2v) is 7.95. The van der Waals surface area contributed by atoms with Gasteiger partial charge in [0.25, 0.3) is 0 Å². The van der Waals surface area contributed by atoms with Gasteiger partial charge in [0, 0.05) is 13.0 Å². The Bertz CT molecular complexity index is 912. The van der Waals surface area contributed by atoms with Crippen molar-refractivity contribution < 1.29 is 14.3 Å². The third-order valence-corrected chi connectivity index (χ3v) is 5.65. The number of carbonyl (C=O) groups is 2. The Morgan fingerprint density at radius 2 is 1.93 bits per heavy atom. The number of anilines is 1. The van der Waals surface area contributed by atoms with E-state index >= 15 is 0 Å². The highest BCUT2D eigenvalue weighted by molar-refractivity contribution is 8.15. The summed E-state index contributed by atoms with van der Waals surface area (Å²) in [6.07, 6.45) is 0.897. The first-order valence-corrected chi connectivity index (χ1v) is 10.5. The lowest BCUT2D eigenvalue weighted by atomic mass is 10.2. The van der Waals surface area contributed by atoms with Gasteiger partial charge in [-0.25, -0.2) is 4.99 Å². The Morgan fingerprint density at radius 1 is 1.21 bits per heavy atom. The molecule has 0 spiro atoms. The number of aliphatic imine (C=N–C) groups is 1. The van der Waals surface area contributed by atoms with Gasteiger partial charge in [0.2, 0.25) is 11.8 Å². The molecule has 152 valence electrons. The van der Waals surface area contributed by atoms with E-state index < -0.39 is 5.25 Å². The van der Waals surface area contributed by atoms with Crippen LogP contribution in [-0.2, 0) is 9.59 Å². The van der Waals surface area contributed by atoms with E-state index in [0.717, 1.165) is 17.7 Å². The molecule has 7 heteroatoms. The number of nitrogens with one attached hydrogen (secondary N) is 1. The van der Waals surface area contributed by atoms with Crippen LogP contribution in [0.15, 0.2) is 53.5 Å². The van der Waals surface area contributed by atoms with E-state index in [1.807, 2.05) is 50.2 Å². The van der Waals surface area contributed by atoms with Crippen LogP contribution in [0.25, 0.3) is 0 Å². The summed E-state index contributed by atoms with van der Waals surface area (Å²) in [4.78, 5) is 31.8. The normalized spacial score (nSPS) is 17.6. The average molecular weight is 412 g/mol. The Hall–Kier alpha value is -2.80. The van der Waals surface area contributed by atoms with Crippen LogP contribution in [0, 0.1) is 6.92 Å². The third kappa shape index (κ3) is 5.17. The molecule has 1 aliphatic rings. The Labute approximate surface area is 175 Å². The molecule has 2 aromatic rings. The maximum atomic E-state index is 12.9. The molecule has 6 nitrogen and oxygen atoms in total. The lowest BCUT2D eigenvalue weighted by Gasteiger charge is -2.15. The zero-order valence-electron chi connectivity index (χ0n) is 16.8. The van der Waals surface area contributed by atoms with Crippen LogP contribution in [0.2, 0.25) is 0 Å². The van der Waals surface area contributed by atoms with Crippen LogP contribution < -0.4 is 10.1 Å². The number of hydrogen-bond acceptors (Lipinski definition) is 5. The summed E-state index contributed by atoms with van der Waals surface area (Å²) >= 11 is 1.35. The summed E-state index contributed by atoms with van der Waals surface area (Å²) in [5.74, 6) is 0.284. The molecular weight excluding hydrogens is 386 g/mol. The number of nitrogens with zero attached hydrogens (tertiary/aromatic N) is 2. The topological polar surface area (TPSA) is 71.0 Å². The van der Waals surface area contributed by atoms with E-state index in [1.54, 1.807) is 24.1 Å². The van der Waals surface area contributed by atoms with Crippen molar-refractivity contribution in [2.24, 2.45) is 4.99 Å². The molecule has 0 aromatic heterocycles. The highest BCUT2D eigenvalue weighted by Gasteiger charge is 2.38. The molecule has 1 aliphatic heterocycles. The number of ether oxygens (including phenoxy) is 1. The number of hydrogen-bond donors (Lipinski definition) is 1. The summed E-state index contributed by atoms with van der Waals surface area (Å²) < 4.78 is 5.26. The number of amidine groups is 1. The first-order chi connectivity index (χ1) is 14.0. The molecule has 2 amide bonds. The molecule has 0 aliphatic carbocycles. The number of benzene rings is 2. The van der Waals surface area contributed by atoms with Gasteiger partial charge in [-0.2, -0.15) is 0 Å². The van der Waals surface area contributed by atoms with Gasteiger partial charge in [0.1, 0.15) is 11.0 Å². The zero-order valence-corrected chi connectivity index (χ0v) is 17.7. The second kappa shape index (κ2) is 9.60. The molecule has 1 saturated heterocycles. The van der Waals surface area contributed by atoms with Gasteiger partial charge in [-0.05, 0) is 37.6 Å². The van der Waals surface area contributed by atoms with Crippen molar-refractivity contribution in [1.29, 1.82) is 0 Å². The van der Waals surface area contributed by atoms with Crippen molar-refractivity contribution in [1.82, 2.24) is 4.90 Å². The first kappa shape index (κ1) is 20.9. The number of rotatable bonds is 7. The minimum absolute atomic E-state index is 0.0714. The van der Waals surface area contributed by atoms with Crippen LogP contribution in [-0.4, -0.2) is 40.8 Å². The third-order valence-electron chi connectivity index (χ3n) is 4.48. The number of para-hydroxylation sites is 2. The maximum Gasteiger partial charge on any atom is 0.242 e. The van der Waals surface area contributed by atoms with Crippen LogP contribution in [0.1, 0.15) is 25.3 Å². The van der Waals surface area contributed by atoms with Crippen molar-refractivity contribution in [3.8, 4) is 5.75 Å². The summed E-state index contributed by atoms with van der Waals surface area (Å²) in [6.45, 7) is 4.62. The summed E-state index contributed by atoms with van der Waals surface area (Å²) in [5.41, 5.74) is 2.54. The van der Waals surface area contributed by atoms with Gasteiger partial charge in [0.05, 0.1) is 18.5 Å². The zero-order chi connectivity index (χ0) is 20.8. The van der Waals surface area contributed by atoms with Crippen LogP contribution in [0.5, 0.6) is 5.75 Å². The molecule has 0 bridgehead atoms. The van der Waals surface area contributed by atoms with Gasteiger partial charge in [0.15, 0.2) is 5.17 Å². The van der Waals surface area contributed by atoms with E-state index in [-0.39, 0.29) is 18.2 Å². The largest absolute Gasteiger partial charge is 0.495 e. The number of carbonyl (C=O) groups excluding carboxylic acids is 2. The first-order valence-electron chi connectivity index (χ1n) is 9.58. The van der Waals surface area contributed by atoms with Crippen LogP contribution in [0.4, 0.5) is 11.4 Å². The smallest absolute Gasteiger partial charge is 0.242 e. The van der Waals surface area contributed by atoms with Gasteiger partial charge in [-0.3, -0.25) is 14.5 Å². The quantitative estimate of drug-likeness (QED) is 0.734. The lowest BCUT2D eigenvalue weighted by Crippen LogP contribution is -2.34. The van der Waals surface area contributed by atoms with Gasteiger partial charge in [-0.15, -0.1) is 0 Å². The van der Waals surface area contributed by atoms with E-state index in [9.17, 15) is 9.59 Å². The maximum absolute atomic E-state index is 12.9. The predicted octanol–water partition coefficient (Wildman–Crippen LogP) is 4.37. The second-order valence-electron chi connectivity index (χ2n) is 6.78. The van der Waals surface area contributed by atoms with E-state index in [0.29, 0.717) is 23.1 Å². The van der Waals surface area contributed by atoms with Crippen molar-refractivity contribution in [2.75, 3.05) is 19.0 Å². The number of methoxy groups -OCH3 is 1. The monoisotopic (exact) mass is 411 g/mol. The number of amides is 2. The molecule has 29 heavy (non-hydrogen) atoms. The molecule has 1 heterocycles. The molecule has 1 fully saturated rings. The lowest BCUT2D eigenvalue weighted by molar-refractivity contribution is -0.128. The fourth-order valence-electron chi connectivity index (χ4n) is 3.00. The molecule has 2 aromatic carbocycles. The van der Waals surface area contributed by atoms with Crippen LogP contribution in [0.3, 0.4) is 0 Å². The molecule has 3 rings (SSSR count). The highest BCUT2D eigenvalue weighted by Crippen LogP contribution is 2.32. The molecule has 1 atom stereocenters. The Kier molecular flexibility index (Phi) is 6.93. The SMILES string of the molecule is CCCN1C(=O)C(CC(=O)Nc2ccccc2OC)SC1=Nc1ccc(C)cc1. The van der Waals surface area contributed by atoms with Crippen molar-refractivity contribution in [3.05, 3.63) is 54.1 Å². The van der Waals surface area contributed by atoms with Crippen LogP contribution >= 0.6 is 11.8 Å². The summed E-state index contributed by atoms with van der Waals surface area (Å²) in [5, 5.41) is 3.00. The predicted molar refractivity (Wildman–Crippen MR) is 118 cm³/mol. The number of aryl methyl sites for hydroxylation is 1. The van der Waals surface area contributed by atoms with E-state index in [2.05, 4.69) is 10.3 Å². The standard InChI is InChI=1S/C22H25N3O3S/c1-4-13-25-21(27)19(29-22(25)23-16-11-9-15(2)10-12-16)14-20(26)24-17-7-5-6-8-18(17)28-3/h5-12,19H,4,13-14H2,1-3H3,(H,24,26). The van der Waals surface area contributed by atoms with E-state index in [4.69, 9.17) is 4.74 Å². The Morgan fingerprint density at radius 3 is 2.62 bits per heavy atom. The van der Waals surface area contributed by atoms with Gasteiger partial charge < -0.3 is 10.1 Å².